The molecule has 0 saturated carbocycles. The summed E-state index contributed by atoms with van der Waals surface area (Å²) in [6.07, 6.45) is 3.41. The van der Waals surface area contributed by atoms with E-state index in [-0.39, 0.29) is 23.7 Å². The SMILES string of the molecule is CN=C(NCc1ccc(C(=O)N2CCCCC2)cc1)N1CC(C)C(C(=O)OC)C1. The van der Waals surface area contributed by atoms with Gasteiger partial charge in [-0.3, -0.25) is 14.6 Å². The second kappa shape index (κ2) is 9.76. The summed E-state index contributed by atoms with van der Waals surface area (Å²) in [5, 5.41) is 3.37. The summed E-state index contributed by atoms with van der Waals surface area (Å²) in [6.45, 7) is 5.77. The Labute approximate surface area is 173 Å². The standard InChI is InChI=1S/C22H32N4O3/c1-16-14-26(15-19(16)21(28)29-3)22(23-2)24-13-17-7-9-18(10-8-17)20(27)25-11-5-4-6-12-25/h7-10,16,19H,4-6,11-15H2,1-3H3,(H,23,24). The molecule has 1 aromatic rings. The Morgan fingerprint density at radius 2 is 1.79 bits per heavy atom. The molecule has 0 bridgehead atoms. The summed E-state index contributed by atoms with van der Waals surface area (Å²) in [5.41, 5.74) is 1.83. The van der Waals surface area contributed by atoms with Crippen molar-refractivity contribution in [3.63, 3.8) is 0 Å². The average Bonchev–Trinajstić information content (AvgIpc) is 3.15. The molecule has 29 heavy (non-hydrogen) atoms. The van der Waals surface area contributed by atoms with Crippen molar-refractivity contribution in [2.75, 3.05) is 40.3 Å². The van der Waals surface area contributed by atoms with E-state index in [1.165, 1.54) is 13.5 Å². The van der Waals surface area contributed by atoms with Crippen molar-refractivity contribution in [3.05, 3.63) is 35.4 Å². The van der Waals surface area contributed by atoms with Crippen LogP contribution in [0, 0.1) is 11.8 Å². The lowest BCUT2D eigenvalue weighted by Crippen LogP contribution is -2.40. The van der Waals surface area contributed by atoms with Crippen molar-refractivity contribution in [2.45, 2.75) is 32.7 Å². The van der Waals surface area contributed by atoms with Crippen molar-refractivity contribution in [2.24, 2.45) is 16.8 Å². The predicted molar refractivity (Wildman–Crippen MR) is 113 cm³/mol. The molecule has 2 atom stereocenters. The number of nitrogens with zero attached hydrogens (tertiary/aromatic N) is 3. The van der Waals surface area contributed by atoms with E-state index in [4.69, 9.17) is 4.74 Å². The van der Waals surface area contributed by atoms with Gasteiger partial charge in [-0.2, -0.15) is 0 Å². The normalized spacial score (nSPS) is 22.5. The number of hydrogen-bond donors (Lipinski definition) is 1. The fourth-order valence-electron chi connectivity index (χ4n) is 4.16. The molecule has 7 heteroatoms. The Balaban J connectivity index is 1.55. The first-order valence-electron chi connectivity index (χ1n) is 10.4. The summed E-state index contributed by atoms with van der Waals surface area (Å²) in [6, 6.07) is 7.78. The van der Waals surface area contributed by atoms with Gasteiger partial charge in [0.15, 0.2) is 5.96 Å². The molecule has 2 saturated heterocycles. The van der Waals surface area contributed by atoms with Crippen LogP contribution in [-0.4, -0.2) is 68.0 Å². The molecule has 1 N–H and O–H groups in total. The number of aliphatic imine (C=N–C) groups is 1. The van der Waals surface area contributed by atoms with E-state index in [1.807, 2.05) is 29.2 Å². The Bertz CT molecular complexity index is 741. The number of nitrogens with one attached hydrogen (secondary N) is 1. The molecular formula is C22H32N4O3. The van der Waals surface area contributed by atoms with E-state index in [9.17, 15) is 9.59 Å². The van der Waals surface area contributed by atoms with E-state index < -0.39 is 0 Å². The van der Waals surface area contributed by atoms with Gasteiger partial charge in [-0.1, -0.05) is 19.1 Å². The quantitative estimate of drug-likeness (QED) is 0.476. The van der Waals surface area contributed by atoms with Crippen molar-refractivity contribution in [3.8, 4) is 0 Å². The number of benzene rings is 1. The van der Waals surface area contributed by atoms with E-state index in [1.54, 1.807) is 7.05 Å². The van der Waals surface area contributed by atoms with Crippen LogP contribution in [0.3, 0.4) is 0 Å². The van der Waals surface area contributed by atoms with Crippen molar-refractivity contribution >= 4 is 17.8 Å². The highest BCUT2D eigenvalue weighted by molar-refractivity contribution is 5.94. The first-order chi connectivity index (χ1) is 14.0. The number of carbonyl (C=O) groups is 2. The number of amides is 1. The number of ether oxygens (including phenoxy) is 1. The molecule has 2 aliphatic rings. The number of rotatable bonds is 4. The molecule has 0 aromatic heterocycles. The van der Waals surface area contributed by atoms with Crippen LogP contribution >= 0.6 is 0 Å². The van der Waals surface area contributed by atoms with Gasteiger partial charge in [0, 0.05) is 45.3 Å². The Kier molecular flexibility index (Phi) is 7.12. The van der Waals surface area contributed by atoms with Crippen LogP contribution in [0.2, 0.25) is 0 Å². The molecule has 1 aromatic carbocycles. The highest BCUT2D eigenvalue weighted by Gasteiger charge is 2.36. The van der Waals surface area contributed by atoms with Crippen LogP contribution in [0.1, 0.15) is 42.1 Å². The van der Waals surface area contributed by atoms with E-state index in [2.05, 4.69) is 22.1 Å². The predicted octanol–water partition coefficient (Wildman–Crippen LogP) is 2.13. The largest absolute Gasteiger partial charge is 0.469 e. The second-order valence-electron chi connectivity index (χ2n) is 7.96. The zero-order valence-electron chi connectivity index (χ0n) is 17.7. The number of likely N-dealkylation sites (tertiary alicyclic amines) is 2. The Hall–Kier alpha value is -2.57. The third-order valence-corrected chi connectivity index (χ3v) is 5.92. The number of piperidine rings is 1. The third kappa shape index (κ3) is 5.08. The first kappa shape index (κ1) is 21.1. The summed E-state index contributed by atoms with van der Waals surface area (Å²) < 4.78 is 4.91. The molecule has 2 unspecified atom stereocenters. The molecule has 3 rings (SSSR count). The minimum atomic E-state index is -0.163. The second-order valence-corrected chi connectivity index (χ2v) is 7.96. The maximum Gasteiger partial charge on any atom is 0.310 e. The number of carbonyl (C=O) groups excluding carboxylic acids is 2. The average molecular weight is 401 g/mol. The third-order valence-electron chi connectivity index (χ3n) is 5.92. The van der Waals surface area contributed by atoms with Crippen LogP contribution in [0.25, 0.3) is 0 Å². The van der Waals surface area contributed by atoms with E-state index in [0.717, 1.165) is 49.6 Å². The zero-order chi connectivity index (χ0) is 20.8. The minimum Gasteiger partial charge on any atom is -0.469 e. The number of guanidine groups is 1. The summed E-state index contributed by atoms with van der Waals surface area (Å²) in [7, 11) is 3.18. The van der Waals surface area contributed by atoms with E-state index >= 15 is 0 Å². The lowest BCUT2D eigenvalue weighted by atomic mass is 9.99. The molecule has 158 valence electrons. The molecule has 7 nitrogen and oxygen atoms in total. The molecule has 1 amide bonds. The Morgan fingerprint density at radius 3 is 2.41 bits per heavy atom. The summed E-state index contributed by atoms with van der Waals surface area (Å²) in [5.74, 6) is 0.834. The van der Waals surface area contributed by atoms with Gasteiger partial charge in [-0.05, 0) is 42.9 Å². The number of esters is 1. The van der Waals surface area contributed by atoms with Gasteiger partial charge >= 0.3 is 5.97 Å². The molecular weight excluding hydrogens is 368 g/mol. The van der Waals surface area contributed by atoms with Gasteiger partial charge < -0.3 is 19.9 Å². The van der Waals surface area contributed by atoms with E-state index in [0.29, 0.717) is 13.1 Å². The lowest BCUT2D eigenvalue weighted by Gasteiger charge is -2.26. The highest BCUT2D eigenvalue weighted by Crippen LogP contribution is 2.24. The first-order valence-corrected chi connectivity index (χ1v) is 10.4. The molecule has 2 heterocycles. The van der Waals surface area contributed by atoms with Crippen LogP contribution in [0.5, 0.6) is 0 Å². The number of methoxy groups -OCH3 is 1. The molecule has 0 radical (unpaired) electrons. The fraction of sp³-hybridized carbons (Fsp3) is 0.591. The zero-order valence-corrected chi connectivity index (χ0v) is 17.7. The topological polar surface area (TPSA) is 74.2 Å². The highest BCUT2D eigenvalue weighted by atomic mass is 16.5. The molecule has 0 aliphatic carbocycles. The summed E-state index contributed by atoms with van der Waals surface area (Å²) in [4.78, 5) is 32.9. The molecule has 0 spiro atoms. The van der Waals surface area contributed by atoms with Gasteiger partial charge in [0.1, 0.15) is 0 Å². The number of hydrogen-bond acceptors (Lipinski definition) is 4. The van der Waals surface area contributed by atoms with Crippen LogP contribution in [0.4, 0.5) is 0 Å². The van der Waals surface area contributed by atoms with Gasteiger partial charge in [0.2, 0.25) is 0 Å². The van der Waals surface area contributed by atoms with Crippen LogP contribution in [0.15, 0.2) is 29.3 Å². The van der Waals surface area contributed by atoms with Gasteiger partial charge in [0.25, 0.3) is 5.91 Å². The Morgan fingerprint density at radius 1 is 1.10 bits per heavy atom. The molecule has 2 aliphatic heterocycles. The monoisotopic (exact) mass is 400 g/mol. The van der Waals surface area contributed by atoms with Crippen molar-refractivity contribution in [1.29, 1.82) is 0 Å². The fourth-order valence-corrected chi connectivity index (χ4v) is 4.16. The van der Waals surface area contributed by atoms with Gasteiger partial charge in [0.05, 0.1) is 13.0 Å². The lowest BCUT2D eigenvalue weighted by molar-refractivity contribution is -0.145. The summed E-state index contributed by atoms with van der Waals surface area (Å²) >= 11 is 0. The van der Waals surface area contributed by atoms with Gasteiger partial charge in [-0.25, -0.2) is 0 Å². The van der Waals surface area contributed by atoms with Crippen molar-refractivity contribution in [1.82, 2.24) is 15.1 Å². The van der Waals surface area contributed by atoms with Crippen LogP contribution in [-0.2, 0) is 16.1 Å². The van der Waals surface area contributed by atoms with Gasteiger partial charge in [-0.15, -0.1) is 0 Å². The maximum atomic E-state index is 12.6. The maximum absolute atomic E-state index is 12.6. The molecule has 2 fully saturated rings. The van der Waals surface area contributed by atoms with Crippen LogP contribution < -0.4 is 5.32 Å². The smallest absolute Gasteiger partial charge is 0.310 e. The van der Waals surface area contributed by atoms with Crippen molar-refractivity contribution < 1.29 is 14.3 Å². The minimum absolute atomic E-state index is 0.125.